The minimum atomic E-state index is -4.30. The third kappa shape index (κ3) is 3.73. The van der Waals surface area contributed by atoms with Crippen LogP contribution in [0, 0.1) is 0 Å². The zero-order valence-electron chi connectivity index (χ0n) is 7.56. The van der Waals surface area contributed by atoms with E-state index in [1.807, 2.05) is 6.92 Å². The van der Waals surface area contributed by atoms with E-state index in [1.54, 1.807) is 0 Å². The molecule has 0 saturated heterocycles. The smallest absolute Gasteiger partial charge is 0.339 e. The Kier molecular flexibility index (Phi) is 3.45. The Morgan fingerprint density at radius 3 is 2.71 bits per heavy atom. The first-order valence-electron chi connectivity index (χ1n) is 4.10. The van der Waals surface area contributed by atoms with E-state index in [0.29, 0.717) is 13.1 Å². The Bertz CT molecular complexity index is 284. The maximum atomic E-state index is 11.9. The lowest BCUT2D eigenvalue weighted by Crippen LogP contribution is -2.14. The standard InChI is InChI=1S/C7H10F3N3O/c1-2-11-4-5-12-6(14-13-5)3-7(8,9)10/h11H,2-4H2,1H3. The molecule has 1 aromatic rings. The maximum absolute atomic E-state index is 11.9. The lowest BCUT2D eigenvalue weighted by atomic mass is 10.4. The molecule has 0 saturated carbocycles. The average Bonchev–Trinajstić information content (AvgIpc) is 2.46. The summed E-state index contributed by atoms with van der Waals surface area (Å²) in [4.78, 5) is 3.57. The van der Waals surface area contributed by atoms with Crippen molar-refractivity contribution in [3.63, 3.8) is 0 Å². The molecule has 0 radical (unpaired) electrons. The van der Waals surface area contributed by atoms with Gasteiger partial charge >= 0.3 is 6.18 Å². The highest BCUT2D eigenvalue weighted by Crippen LogP contribution is 2.19. The number of aromatic nitrogens is 2. The van der Waals surface area contributed by atoms with Crippen LogP contribution in [0.15, 0.2) is 4.52 Å². The SMILES string of the molecule is CCNCc1noc(CC(F)(F)F)n1. The van der Waals surface area contributed by atoms with Gasteiger partial charge in [0, 0.05) is 0 Å². The van der Waals surface area contributed by atoms with Gasteiger partial charge in [-0.25, -0.2) is 0 Å². The fraction of sp³-hybridized carbons (Fsp3) is 0.714. The van der Waals surface area contributed by atoms with Crippen LogP contribution in [0.5, 0.6) is 0 Å². The number of hydrogen-bond acceptors (Lipinski definition) is 4. The summed E-state index contributed by atoms with van der Waals surface area (Å²) in [6, 6.07) is 0. The normalized spacial score (nSPS) is 12.0. The number of rotatable bonds is 4. The molecule has 1 aromatic heterocycles. The van der Waals surface area contributed by atoms with Crippen LogP contribution in [-0.2, 0) is 13.0 Å². The molecule has 0 amide bonds. The summed E-state index contributed by atoms with van der Waals surface area (Å²) in [5.41, 5.74) is 0. The Labute approximate surface area is 78.5 Å². The highest BCUT2D eigenvalue weighted by molar-refractivity contribution is 4.87. The number of nitrogens with one attached hydrogen (secondary N) is 1. The Morgan fingerprint density at radius 2 is 2.14 bits per heavy atom. The first-order valence-corrected chi connectivity index (χ1v) is 4.10. The minimum absolute atomic E-state index is 0.242. The lowest BCUT2D eigenvalue weighted by Gasteiger charge is -1.99. The van der Waals surface area contributed by atoms with Crippen molar-refractivity contribution in [1.82, 2.24) is 15.5 Å². The van der Waals surface area contributed by atoms with E-state index >= 15 is 0 Å². The molecule has 0 aliphatic rings. The fourth-order valence-electron chi connectivity index (χ4n) is 0.842. The fourth-order valence-corrected chi connectivity index (χ4v) is 0.842. The molecule has 0 aliphatic carbocycles. The molecule has 0 fully saturated rings. The molecule has 1 rings (SSSR count). The molecule has 14 heavy (non-hydrogen) atoms. The van der Waals surface area contributed by atoms with Crippen molar-refractivity contribution in [2.75, 3.05) is 6.54 Å². The van der Waals surface area contributed by atoms with Crippen molar-refractivity contribution in [2.45, 2.75) is 26.1 Å². The summed E-state index contributed by atoms with van der Waals surface area (Å²) in [5, 5.41) is 6.26. The highest BCUT2D eigenvalue weighted by atomic mass is 19.4. The van der Waals surface area contributed by atoms with Gasteiger partial charge in [-0.1, -0.05) is 12.1 Å². The van der Waals surface area contributed by atoms with Crippen molar-refractivity contribution in [3.8, 4) is 0 Å². The van der Waals surface area contributed by atoms with Crippen LogP contribution in [0.25, 0.3) is 0 Å². The van der Waals surface area contributed by atoms with E-state index in [0.717, 1.165) is 0 Å². The number of alkyl halides is 3. The van der Waals surface area contributed by atoms with E-state index in [4.69, 9.17) is 0 Å². The highest BCUT2D eigenvalue weighted by Gasteiger charge is 2.31. The maximum Gasteiger partial charge on any atom is 0.397 e. The third-order valence-corrected chi connectivity index (χ3v) is 1.39. The van der Waals surface area contributed by atoms with Crippen LogP contribution in [0.4, 0.5) is 13.2 Å². The van der Waals surface area contributed by atoms with Crippen LogP contribution in [-0.4, -0.2) is 22.9 Å². The first kappa shape index (κ1) is 11.0. The van der Waals surface area contributed by atoms with Gasteiger partial charge in [0.05, 0.1) is 6.54 Å². The molecule has 80 valence electrons. The molecule has 4 nitrogen and oxygen atoms in total. The number of hydrogen-bond donors (Lipinski definition) is 1. The van der Waals surface area contributed by atoms with Gasteiger partial charge in [0.25, 0.3) is 0 Å². The largest absolute Gasteiger partial charge is 0.397 e. The molecule has 0 aliphatic heterocycles. The molecule has 0 atom stereocenters. The second-order valence-corrected chi connectivity index (χ2v) is 2.68. The minimum Gasteiger partial charge on any atom is -0.339 e. The molecule has 7 heteroatoms. The van der Waals surface area contributed by atoms with Crippen LogP contribution in [0.3, 0.4) is 0 Å². The van der Waals surface area contributed by atoms with Gasteiger partial charge in [0.2, 0.25) is 5.89 Å². The van der Waals surface area contributed by atoms with Gasteiger partial charge in [0.15, 0.2) is 5.82 Å². The average molecular weight is 209 g/mol. The number of halogens is 3. The first-order chi connectivity index (χ1) is 6.51. The van der Waals surface area contributed by atoms with Crippen molar-refractivity contribution in [3.05, 3.63) is 11.7 Å². The molecular formula is C7H10F3N3O. The van der Waals surface area contributed by atoms with Crippen LogP contribution >= 0.6 is 0 Å². The topological polar surface area (TPSA) is 51.0 Å². The van der Waals surface area contributed by atoms with Crippen molar-refractivity contribution in [1.29, 1.82) is 0 Å². The van der Waals surface area contributed by atoms with E-state index in [-0.39, 0.29) is 5.82 Å². The summed E-state index contributed by atoms with van der Waals surface area (Å²) in [6.07, 6.45) is -5.48. The Morgan fingerprint density at radius 1 is 1.43 bits per heavy atom. The van der Waals surface area contributed by atoms with Crippen LogP contribution in [0.1, 0.15) is 18.6 Å². The summed E-state index contributed by atoms with van der Waals surface area (Å²) >= 11 is 0. The molecule has 0 spiro atoms. The molecular weight excluding hydrogens is 199 g/mol. The van der Waals surface area contributed by atoms with Crippen molar-refractivity contribution < 1.29 is 17.7 Å². The zero-order chi connectivity index (χ0) is 10.6. The summed E-state index contributed by atoms with van der Waals surface area (Å²) < 4.78 is 40.0. The van der Waals surface area contributed by atoms with E-state index < -0.39 is 18.5 Å². The molecule has 0 bridgehead atoms. The monoisotopic (exact) mass is 209 g/mol. The number of nitrogens with zero attached hydrogens (tertiary/aromatic N) is 2. The zero-order valence-corrected chi connectivity index (χ0v) is 7.56. The van der Waals surface area contributed by atoms with Gasteiger partial charge in [0.1, 0.15) is 6.42 Å². The molecule has 0 unspecified atom stereocenters. The van der Waals surface area contributed by atoms with Gasteiger partial charge in [-0.3, -0.25) is 0 Å². The summed E-state index contributed by atoms with van der Waals surface area (Å²) in [6.45, 7) is 2.89. The molecule has 1 heterocycles. The Balaban J connectivity index is 2.51. The van der Waals surface area contributed by atoms with E-state index in [2.05, 4.69) is 20.0 Å². The van der Waals surface area contributed by atoms with E-state index in [9.17, 15) is 13.2 Å². The third-order valence-electron chi connectivity index (χ3n) is 1.39. The summed E-state index contributed by atoms with van der Waals surface area (Å²) in [5.74, 6) is -0.156. The Hall–Kier alpha value is -1.11. The molecule has 1 N–H and O–H groups in total. The van der Waals surface area contributed by atoms with Gasteiger partial charge < -0.3 is 9.84 Å². The predicted octanol–water partition coefficient (Wildman–Crippen LogP) is 1.28. The summed E-state index contributed by atoms with van der Waals surface area (Å²) in [7, 11) is 0. The van der Waals surface area contributed by atoms with E-state index in [1.165, 1.54) is 0 Å². The second-order valence-electron chi connectivity index (χ2n) is 2.68. The van der Waals surface area contributed by atoms with Gasteiger partial charge in [-0.2, -0.15) is 18.2 Å². The quantitative estimate of drug-likeness (QED) is 0.811. The van der Waals surface area contributed by atoms with Crippen LogP contribution in [0.2, 0.25) is 0 Å². The van der Waals surface area contributed by atoms with Crippen molar-refractivity contribution in [2.24, 2.45) is 0 Å². The van der Waals surface area contributed by atoms with Crippen LogP contribution < -0.4 is 5.32 Å². The van der Waals surface area contributed by atoms with Crippen molar-refractivity contribution >= 4 is 0 Å². The predicted molar refractivity (Wildman–Crippen MR) is 41.4 cm³/mol. The lowest BCUT2D eigenvalue weighted by molar-refractivity contribution is -0.131. The van der Waals surface area contributed by atoms with Gasteiger partial charge in [-0.05, 0) is 6.54 Å². The van der Waals surface area contributed by atoms with Gasteiger partial charge in [-0.15, -0.1) is 0 Å². The second kappa shape index (κ2) is 4.41. The molecule has 0 aromatic carbocycles.